The molecule has 0 saturated carbocycles. The van der Waals surface area contributed by atoms with Gasteiger partial charge < -0.3 is 4.74 Å². The molecule has 2 heteroatoms. The highest BCUT2D eigenvalue weighted by Crippen LogP contribution is 2.40. The van der Waals surface area contributed by atoms with Gasteiger partial charge in [-0.2, -0.15) is 0 Å². The summed E-state index contributed by atoms with van der Waals surface area (Å²) in [7, 11) is 0. The third-order valence-corrected chi connectivity index (χ3v) is 4.14. The van der Waals surface area contributed by atoms with Crippen LogP contribution in [0.2, 0.25) is 0 Å². The maximum atomic E-state index is 6.29. The molecule has 96 valence electrons. The summed E-state index contributed by atoms with van der Waals surface area (Å²) in [4.78, 5) is 2.53. The number of likely N-dealkylation sites (N-methyl/N-ethyl adjacent to an activating group) is 1. The van der Waals surface area contributed by atoms with Gasteiger partial charge >= 0.3 is 0 Å². The van der Waals surface area contributed by atoms with E-state index in [2.05, 4.69) is 46.4 Å². The molecular weight excluding hydrogens is 198 g/mol. The van der Waals surface area contributed by atoms with Gasteiger partial charge in [-0.1, -0.05) is 34.6 Å². The average Bonchev–Trinajstić information content (AvgIpc) is 2.50. The Bertz CT molecular complexity index is 211. The van der Waals surface area contributed by atoms with E-state index in [0.29, 0.717) is 6.04 Å². The molecule has 1 rings (SSSR count). The minimum Gasteiger partial charge on any atom is -0.355 e. The highest BCUT2D eigenvalue weighted by Gasteiger charge is 2.48. The van der Waals surface area contributed by atoms with Gasteiger partial charge in [0.15, 0.2) is 0 Å². The lowest BCUT2D eigenvalue weighted by molar-refractivity contribution is -0.0559. The second-order valence-corrected chi connectivity index (χ2v) is 5.46. The smallest absolute Gasteiger partial charge is 0.108 e. The molecule has 1 aliphatic heterocycles. The van der Waals surface area contributed by atoms with Crippen molar-refractivity contribution in [3.8, 4) is 0 Å². The lowest BCUT2D eigenvalue weighted by Gasteiger charge is -2.35. The number of hydrogen-bond acceptors (Lipinski definition) is 2. The van der Waals surface area contributed by atoms with Crippen LogP contribution >= 0.6 is 0 Å². The fraction of sp³-hybridized carbons (Fsp3) is 1.00. The van der Waals surface area contributed by atoms with Gasteiger partial charge in [0.25, 0.3) is 0 Å². The van der Waals surface area contributed by atoms with Crippen LogP contribution in [-0.4, -0.2) is 29.3 Å². The monoisotopic (exact) mass is 227 g/mol. The second kappa shape index (κ2) is 5.50. The summed E-state index contributed by atoms with van der Waals surface area (Å²) >= 11 is 0. The van der Waals surface area contributed by atoms with Crippen LogP contribution in [0.1, 0.15) is 60.8 Å². The number of nitrogens with zero attached hydrogens (tertiary/aromatic N) is 1. The fourth-order valence-electron chi connectivity index (χ4n) is 3.20. The molecule has 2 atom stereocenters. The number of hydrogen-bond donors (Lipinski definition) is 0. The first-order chi connectivity index (χ1) is 7.50. The zero-order valence-corrected chi connectivity index (χ0v) is 11.9. The zero-order chi connectivity index (χ0) is 12.3. The fourth-order valence-corrected chi connectivity index (χ4v) is 3.20. The first-order valence-corrected chi connectivity index (χ1v) is 6.94. The molecular formula is C14H29NO. The van der Waals surface area contributed by atoms with Gasteiger partial charge in [0.05, 0.1) is 5.60 Å². The molecule has 16 heavy (non-hydrogen) atoms. The Balaban J connectivity index is 2.91. The van der Waals surface area contributed by atoms with E-state index in [0.717, 1.165) is 25.3 Å². The molecule has 0 aromatic carbocycles. The molecule has 0 radical (unpaired) electrons. The maximum absolute atomic E-state index is 6.29. The molecule has 1 saturated heterocycles. The summed E-state index contributed by atoms with van der Waals surface area (Å²) in [6.45, 7) is 14.7. The van der Waals surface area contributed by atoms with Crippen molar-refractivity contribution in [2.45, 2.75) is 78.7 Å². The van der Waals surface area contributed by atoms with Crippen LogP contribution in [0.25, 0.3) is 0 Å². The van der Waals surface area contributed by atoms with Crippen molar-refractivity contribution in [2.24, 2.45) is 5.92 Å². The minimum absolute atomic E-state index is 0.0969. The summed E-state index contributed by atoms with van der Waals surface area (Å²) in [6, 6.07) is 0.600. The summed E-state index contributed by atoms with van der Waals surface area (Å²) < 4.78 is 6.29. The van der Waals surface area contributed by atoms with Crippen molar-refractivity contribution < 1.29 is 4.74 Å². The number of ether oxygens (including phenoxy) is 1. The van der Waals surface area contributed by atoms with Crippen LogP contribution in [0.3, 0.4) is 0 Å². The van der Waals surface area contributed by atoms with Crippen molar-refractivity contribution in [1.29, 1.82) is 0 Å². The van der Waals surface area contributed by atoms with Crippen molar-refractivity contribution >= 4 is 0 Å². The van der Waals surface area contributed by atoms with Gasteiger partial charge in [0.1, 0.15) is 6.23 Å². The van der Waals surface area contributed by atoms with Crippen LogP contribution < -0.4 is 0 Å². The van der Waals surface area contributed by atoms with E-state index in [4.69, 9.17) is 4.74 Å². The molecule has 0 aromatic heterocycles. The number of rotatable bonds is 5. The topological polar surface area (TPSA) is 12.5 Å². The molecule has 0 bridgehead atoms. The Labute approximate surface area is 101 Å². The van der Waals surface area contributed by atoms with Gasteiger partial charge in [-0.25, -0.2) is 0 Å². The maximum Gasteiger partial charge on any atom is 0.108 e. The normalized spacial score (nSPS) is 30.2. The SMILES string of the molecule is CCN1[C@@H](CC(C)C)C(CC)(CC)O[C@@H]1C. The van der Waals surface area contributed by atoms with E-state index >= 15 is 0 Å². The van der Waals surface area contributed by atoms with E-state index < -0.39 is 0 Å². The van der Waals surface area contributed by atoms with Gasteiger partial charge in [-0.05, 0) is 38.6 Å². The van der Waals surface area contributed by atoms with Crippen molar-refractivity contribution in [3.05, 3.63) is 0 Å². The molecule has 1 aliphatic rings. The van der Waals surface area contributed by atoms with Crippen LogP contribution in [0.15, 0.2) is 0 Å². The summed E-state index contributed by atoms with van der Waals surface area (Å²) in [5.74, 6) is 0.741. The Hall–Kier alpha value is -0.0800. The highest BCUT2D eigenvalue weighted by molar-refractivity contribution is 4.99. The van der Waals surface area contributed by atoms with Crippen LogP contribution in [-0.2, 0) is 4.74 Å². The van der Waals surface area contributed by atoms with Crippen LogP contribution in [0, 0.1) is 5.92 Å². The Morgan fingerprint density at radius 1 is 1.19 bits per heavy atom. The summed E-state index contributed by atoms with van der Waals surface area (Å²) in [6.07, 6.45) is 3.79. The van der Waals surface area contributed by atoms with E-state index in [1.54, 1.807) is 0 Å². The molecule has 0 aromatic rings. The summed E-state index contributed by atoms with van der Waals surface area (Å²) in [5, 5.41) is 0. The van der Waals surface area contributed by atoms with Gasteiger partial charge in [-0.15, -0.1) is 0 Å². The average molecular weight is 227 g/mol. The summed E-state index contributed by atoms with van der Waals surface area (Å²) in [5.41, 5.74) is 0.0969. The molecule has 0 amide bonds. The molecule has 2 nitrogen and oxygen atoms in total. The van der Waals surface area contributed by atoms with Crippen LogP contribution in [0.5, 0.6) is 0 Å². The third kappa shape index (κ3) is 2.43. The Morgan fingerprint density at radius 3 is 2.12 bits per heavy atom. The van der Waals surface area contributed by atoms with Crippen molar-refractivity contribution in [1.82, 2.24) is 4.90 Å². The molecule has 0 N–H and O–H groups in total. The molecule has 1 heterocycles. The third-order valence-electron chi connectivity index (χ3n) is 4.14. The lowest BCUT2D eigenvalue weighted by Crippen LogP contribution is -2.45. The van der Waals surface area contributed by atoms with Crippen molar-refractivity contribution in [3.63, 3.8) is 0 Å². The predicted octanol–water partition coefficient (Wildman–Crippen LogP) is 3.66. The quantitative estimate of drug-likeness (QED) is 0.710. The van der Waals surface area contributed by atoms with Crippen molar-refractivity contribution in [2.75, 3.05) is 6.54 Å². The Morgan fingerprint density at radius 2 is 1.75 bits per heavy atom. The first kappa shape index (κ1) is 14.0. The van der Waals surface area contributed by atoms with Crippen LogP contribution in [0.4, 0.5) is 0 Å². The van der Waals surface area contributed by atoms with E-state index in [-0.39, 0.29) is 11.8 Å². The van der Waals surface area contributed by atoms with E-state index in [1.165, 1.54) is 6.42 Å². The largest absolute Gasteiger partial charge is 0.355 e. The zero-order valence-electron chi connectivity index (χ0n) is 11.9. The van der Waals surface area contributed by atoms with Gasteiger partial charge in [0.2, 0.25) is 0 Å². The lowest BCUT2D eigenvalue weighted by atomic mass is 9.83. The van der Waals surface area contributed by atoms with E-state index in [1.807, 2.05) is 0 Å². The minimum atomic E-state index is 0.0969. The first-order valence-electron chi connectivity index (χ1n) is 6.94. The Kier molecular flexibility index (Phi) is 4.81. The predicted molar refractivity (Wildman–Crippen MR) is 69.5 cm³/mol. The second-order valence-electron chi connectivity index (χ2n) is 5.46. The van der Waals surface area contributed by atoms with E-state index in [9.17, 15) is 0 Å². The highest BCUT2D eigenvalue weighted by atomic mass is 16.5. The van der Waals surface area contributed by atoms with Gasteiger partial charge in [0, 0.05) is 6.04 Å². The molecule has 0 spiro atoms. The molecule has 0 unspecified atom stereocenters. The molecule has 1 fully saturated rings. The standard InChI is InChI=1S/C14H29NO/c1-7-14(8-2)13(10-11(4)5)15(9-3)12(6)16-14/h11-13H,7-10H2,1-6H3/t12-,13+/m1/s1. The molecule has 0 aliphatic carbocycles. The van der Waals surface area contributed by atoms with Gasteiger partial charge in [-0.3, -0.25) is 4.90 Å².